The number of nitrogens with zero attached hydrogens (tertiary/aromatic N) is 2. The molecule has 18 heavy (non-hydrogen) atoms. The van der Waals surface area contributed by atoms with E-state index in [1.807, 2.05) is 0 Å². The zero-order valence-corrected chi connectivity index (χ0v) is 11.9. The van der Waals surface area contributed by atoms with Crippen LogP contribution in [0.1, 0.15) is 55.7 Å². The molecule has 2 rings (SSSR count). The molecule has 100 valence electrons. The van der Waals surface area contributed by atoms with Gasteiger partial charge in [-0.05, 0) is 50.6 Å². The van der Waals surface area contributed by atoms with Crippen molar-refractivity contribution in [1.82, 2.24) is 9.88 Å². The summed E-state index contributed by atoms with van der Waals surface area (Å²) < 4.78 is 5.79. The summed E-state index contributed by atoms with van der Waals surface area (Å²) >= 11 is 0. The second-order valence-electron chi connectivity index (χ2n) is 5.71. The maximum atomic E-state index is 5.79. The Hall–Kier alpha value is -0.930. The number of hydrogen-bond acceptors (Lipinski definition) is 3. The molecule has 0 aliphatic carbocycles. The summed E-state index contributed by atoms with van der Waals surface area (Å²) in [6, 6.07) is 4.43. The van der Waals surface area contributed by atoms with Crippen LogP contribution in [0.25, 0.3) is 0 Å². The number of pyridine rings is 1. The van der Waals surface area contributed by atoms with E-state index in [-0.39, 0.29) is 6.10 Å². The Balaban J connectivity index is 2.29. The van der Waals surface area contributed by atoms with Gasteiger partial charge in [0.15, 0.2) is 0 Å². The zero-order chi connectivity index (χ0) is 13.1. The average molecular weight is 248 g/mol. The minimum absolute atomic E-state index is 0.284. The Morgan fingerprint density at radius 1 is 1.39 bits per heavy atom. The Kier molecular flexibility index (Phi) is 4.36. The molecule has 3 heteroatoms. The highest BCUT2D eigenvalue weighted by Gasteiger charge is 2.19. The lowest BCUT2D eigenvalue weighted by Crippen LogP contribution is -2.14. The van der Waals surface area contributed by atoms with Crippen molar-refractivity contribution in [1.29, 1.82) is 0 Å². The number of ether oxygens (including phenoxy) is 1. The molecule has 0 spiro atoms. The number of hydrogen-bond donors (Lipinski definition) is 0. The third-order valence-corrected chi connectivity index (χ3v) is 3.29. The van der Waals surface area contributed by atoms with Gasteiger partial charge in [0.1, 0.15) is 0 Å². The van der Waals surface area contributed by atoms with Crippen molar-refractivity contribution >= 4 is 0 Å². The Bertz CT molecular complexity index is 395. The Morgan fingerprint density at radius 2 is 2.17 bits per heavy atom. The quantitative estimate of drug-likeness (QED) is 0.818. The van der Waals surface area contributed by atoms with Gasteiger partial charge in [-0.2, -0.15) is 0 Å². The van der Waals surface area contributed by atoms with Crippen LogP contribution in [0.5, 0.6) is 0 Å². The van der Waals surface area contributed by atoms with Crippen LogP contribution in [0.4, 0.5) is 0 Å². The van der Waals surface area contributed by atoms with E-state index >= 15 is 0 Å². The van der Waals surface area contributed by atoms with E-state index in [4.69, 9.17) is 9.72 Å². The largest absolute Gasteiger partial charge is 0.374 e. The molecule has 0 amide bonds. The van der Waals surface area contributed by atoms with Crippen LogP contribution in [0.3, 0.4) is 0 Å². The molecule has 1 saturated heterocycles. The molecule has 1 fully saturated rings. The first-order valence-corrected chi connectivity index (χ1v) is 6.83. The molecule has 0 bridgehead atoms. The fraction of sp³-hybridized carbons (Fsp3) is 0.667. The first kappa shape index (κ1) is 13.5. The summed E-state index contributed by atoms with van der Waals surface area (Å²) in [6.07, 6.45) is 2.60. The van der Waals surface area contributed by atoms with Crippen LogP contribution in [-0.2, 0) is 11.3 Å². The summed E-state index contributed by atoms with van der Waals surface area (Å²) in [7, 11) is 4.16. The summed E-state index contributed by atoms with van der Waals surface area (Å²) in [5.74, 6) is 0.465. The molecule has 2 heterocycles. The maximum absolute atomic E-state index is 5.79. The minimum atomic E-state index is 0.284. The van der Waals surface area contributed by atoms with Gasteiger partial charge in [0, 0.05) is 18.8 Å². The standard InChI is InChI=1S/C15H24N2O/c1-11(2)14-9-12(15-6-5-7-18-15)8-13(16-14)10-17(3)4/h8-9,11,15H,5-7,10H2,1-4H3. The predicted octanol–water partition coefficient (Wildman–Crippen LogP) is 3.12. The summed E-state index contributed by atoms with van der Waals surface area (Å²) in [4.78, 5) is 6.91. The minimum Gasteiger partial charge on any atom is -0.374 e. The van der Waals surface area contributed by atoms with E-state index in [0.29, 0.717) is 5.92 Å². The molecule has 0 N–H and O–H groups in total. The smallest absolute Gasteiger partial charge is 0.0827 e. The van der Waals surface area contributed by atoms with Crippen LogP contribution in [0.2, 0.25) is 0 Å². The van der Waals surface area contributed by atoms with Crippen molar-refractivity contribution in [2.75, 3.05) is 20.7 Å². The lowest BCUT2D eigenvalue weighted by atomic mass is 10.0. The van der Waals surface area contributed by atoms with Crippen LogP contribution >= 0.6 is 0 Å². The van der Waals surface area contributed by atoms with Gasteiger partial charge in [-0.25, -0.2) is 0 Å². The molecule has 1 aliphatic rings. The van der Waals surface area contributed by atoms with E-state index in [1.165, 1.54) is 17.7 Å². The van der Waals surface area contributed by atoms with Crippen molar-refractivity contribution in [2.45, 2.75) is 45.3 Å². The third-order valence-electron chi connectivity index (χ3n) is 3.29. The predicted molar refractivity (Wildman–Crippen MR) is 73.6 cm³/mol. The first-order valence-electron chi connectivity index (χ1n) is 6.83. The molecule has 1 atom stereocenters. The van der Waals surface area contributed by atoms with Gasteiger partial charge in [0.25, 0.3) is 0 Å². The first-order chi connectivity index (χ1) is 8.56. The van der Waals surface area contributed by atoms with Crippen molar-refractivity contribution in [2.24, 2.45) is 0 Å². The molecular weight excluding hydrogens is 224 g/mol. The van der Waals surface area contributed by atoms with E-state index in [1.54, 1.807) is 0 Å². The summed E-state index contributed by atoms with van der Waals surface area (Å²) in [5.41, 5.74) is 3.64. The van der Waals surface area contributed by atoms with Gasteiger partial charge in [-0.15, -0.1) is 0 Å². The van der Waals surface area contributed by atoms with Gasteiger partial charge >= 0.3 is 0 Å². The van der Waals surface area contributed by atoms with Crippen molar-refractivity contribution in [3.05, 3.63) is 29.1 Å². The van der Waals surface area contributed by atoms with Gasteiger partial charge in [-0.3, -0.25) is 4.98 Å². The van der Waals surface area contributed by atoms with Crippen LogP contribution < -0.4 is 0 Å². The lowest BCUT2D eigenvalue weighted by molar-refractivity contribution is 0.111. The fourth-order valence-corrected chi connectivity index (χ4v) is 2.36. The molecule has 3 nitrogen and oxygen atoms in total. The summed E-state index contributed by atoms with van der Waals surface area (Å²) in [6.45, 7) is 6.18. The Labute approximate surface area is 110 Å². The third kappa shape index (κ3) is 3.30. The number of rotatable bonds is 4. The monoisotopic (exact) mass is 248 g/mol. The topological polar surface area (TPSA) is 25.4 Å². The normalized spacial score (nSPS) is 20.0. The molecule has 1 aliphatic heterocycles. The van der Waals surface area contributed by atoms with Crippen molar-refractivity contribution in [3.63, 3.8) is 0 Å². The maximum Gasteiger partial charge on any atom is 0.0827 e. The highest BCUT2D eigenvalue weighted by molar-refractivity contribution is 5.26. The van der Waals surface area contributed by atoms with Gasteiger partial charge in [0.05, 0.1) is 11.8 Å². The molecular formula is C15H24N2O. The molecule has 1 unspecified atom stereocenters. The zero-order valence-electron chi connectivity index (χ0n) is 11.9. The van der Waals surface area contributed by atoms with E-state index in [0.717, 1.165) is 25.3 Å². The van der Waals surface area contributed by atoms with Crippen molar-refractivity contribution in [3.8, 4) is 0 Å². The van der Waals surface area contributed by atoms with Gasteiger partial charge in [-0.1, -0.05) is 13.8 Å². The van der Waals surface area contributed by atoms with Gasteiger partial charge < -0.3 is 9.64 Å². The van der Waals surface area contributed by atoms with Crippen LogP contribution in [0.15, 0.2) is 12.1 Å². The van der Waals surface area contributed by atoms with Crippen LogP contribution in [-0.4, -0.2) is 30.6 Å². The highest BCUT2D eigenvalue weighted by atomic mass is 16.5. The lowest BCUT2D eigenvalue weighted by Gasteiger charge is -2.17. The SMILES string of the molecule is CC(C)c1cc(C2CCCO2)cc(CN(C)C)n1. The molecule has 0 saturated carbocycles. The fourth-order valence-electron chi connectivity index (χ4n) is 2.36. The van der Waals surface area contributed by atoms with E-state index in [9.17, 15) is 0 Å². The van der Waals surface area contributed by atoms with E-state index in [2.05, 4.69) is 45.0 Å². The molecule has 0 aromatic carbocycles. The molecule has 1 aromatic heterocycles. The number of aromatic nitrogens is 1. The second-order valence-corrected chi connectivity index (χ2v) is 5.71. The van der Waals surface area contributed by atoms with Crippen LogP contribution in [0, 0.1) is 0 Å². The average Bonchev–Trinajstić information content (AvgIpc) is 2.80. The summed E-state index contributed by atoms with van der Waals surface area (Å²) in [5, 5.41) is 0. The highest BCUT2D eigenvalue weighted by Crippen LogP contribution is 2.30. The molecule has 0 radical (unpaired) electrons. The van der Waals surface area contributed by atoms with E-state index < -0.39 is 0 Å². The Morgan fingerprint density at radius 3 is 2.72 bits per heavy atom. The van der Waals surface area contributed by atoms with Gasteiger partial charge in [0.2, 0.25) is 0 Å². The van der Waals surface area contributed by atoms with Crippen molar-refractivity contribution < 1.29 is 4.74 Å². The second kappa shape index (κ2) is 5.81. The molecule has 1 aromatic rings.